The molecule has 1 saturated heterocycles. The van der Waals surface area contributed by atoms with Crippen molar-refractivity contribution in [1.29, 1.82) is 0 Å². The second kappa shape index (κ2) is 6.49. The van der Waals surface area contributed by atoms with Gasteiger partial charge in [0, 0.05) is 19.2 Å². The minimum atomic E-state index is -0.469. The van der Waals surface area contributed by atoms with E-state index < -0.39 is 4.92 Å². The monoisotopic (exact) mass is 295 g/mol. The maximum Gasteiger partial charge on any atom is 0.308 e. The third kappa shape index (κ3) is 3.66. The Morgan fingerprint density at radius 1 is 1.67 bits per heavy atom. The molecule has 1 aromatic rings. The lowest BCUT2D eigenvalue weighted by Crippen LogP contribution is -2.44. The van der Waals surface area contributed by atoms with Gasteiger partial charge in [-0.05, 0) is 12.5 Å². The summed E-state index contributed by atoms with van der Waals surface area (Å²) < 4.78 is 10.2. The Kier molecular flexibility index (Phi) is 4.69. The number of aryl methyl sites for hydroxylation is 1. The summed E-state index contributed by atoms with van der Waals surface area (Å²) in [5.41, 5.74) is 0.693. The maximum atomic E-state index is 11.3. The Bertz CT molecular complexity index is 549. The Hall–Kier alpha value is -2.22. The van der Waals surface area contributed by atoms with Gasteiger partial charge in [0.25, 0.3) is 5.69 Å². The second-order valence-corrected chi connectivity index (χ2v) is 4.81. The van der Waals surface area contributed by atoms with Crippen LogP contribution in [0.1, 0.15) is 12.0 Å². The van der Waals surface area contributed by atoms with Gasteiger partial charge < -0.3 is 14.4 Å². The van der Waals surface area contributed by atoms with Crippen molar-refractivity contribution in [2.75, 3.05) is 31.7 Å². The number of nitrogens with zero attached hydrogens (tertiary/aromatic N) is 3. The minimum Gasteiger partial charge on any atom is -0.469 e. The summed E-state index contributed by atoms with van der Waals surface area (Å²) in [6, 6.07) is 1.49. The third-order valence-corrected chi connectivity index (χ3v) is 3.31. The van der Waals surface area contributed by atoms with Crippen molar-refractivity contribution in [3.8, 4) is 0 Å². The lowest BCUT2D eigenvalue weighted by Gasteiger charge is -2.34. The van der Waals surface area contributed by atoms with Crippen LogP contribution in [-0.2, 0) is 14.3 Å². The van der Waals surface area contributed by atoms with Gasteiger partial charge in [0.05, 0.1) is 31.2 Å². The number of anilines is 1. The first-order chi connectivity index (χ1) is 10.0. The first-order valence-corrected chi connectivity index (χ1v) is 6.55. The molecular formula is C13H17N3O5. The number of nitro groups is 1. The smallest absolute Gasteiger partial charge is 0.308 e. The number of ether oxygens (including phenoxy) is 2. The fourth-order valence-corrected chi connectivity index (χ4v) is 2.29. The second-order valence-electron chi connectivity index (χ2n) is 4.81. The Morgan fingerprint density at radius 3 is 3.05 bits per heavy atom. The molecule has 2 rings (SSSR count). The Labute approximate surface area is 121 Å². The van der Waals surface area contributed by atoms with E-state index in [0.29, 0.717) is 25.5 Å². The van der Waals surface area contributed by atoms with Crippen LogP contribution in [0.4, 0.5) is 11.5 Å². The molecule has 2 heterocycles. The zero-order valence-electron chi connectivity index (χ0n) is 11.9. The third-order valence-electron chi connectivity index (χ3n) is 3.31. The summed E-state index contributed by atoms with van der Waals surface area (Å²) in [5.74, 6) is 0.356. The molecule has 1 fully saturated rings. The summed E-state index contributed by atoms with van der Waals surface area (Å²) in [4.78, 5) is 27.7. The number of carbonyl (C=O) groups excluding carboxylic acids is 1. The van der Waals surface area contributed by atoms with Crippen LogP contribution in [0.5, 0.6) is 0 Å². The lowest BCUT2D eigenvalue weighted by molar-refractivity contribution is -0.385. The van der Waals surface area contributed by atoms with E-state index in [4.69, 9.17) is 4.74 Å². The van der Waals surface area contributed by atoms with Crippen LogP contribution in [0.3, 0.4) is 0 Å². The van der Waals surface area contributed by atoms with E-state index in [-0.39, 0.29) is 24.2 Å². The standard InChI is InChI=1S/C13H17N3O5/c1-9-5-10(16(18)19)7-14-13(9)15-3-4-21-11(8-15)6-12(17)20-2/h5,7,11H,3-4,6,8H2,1-2H3. The van der Waals surface area contributed by atoms with Crippen LogP contribution in [0, 0.1) is 17.0 Å². The topological polar surface area (TPSA) is 94.8 Å². The average molecular weight is 295 g/mol. The number of pyridine rings is 1. The molecular weight excluding hydrogens is 278 g/mol. The van der Waals surface area contributed by atoms with Crippen molar-refractivity contribution in [3.05, 3.63) is 27.9 Å². The molecule has 1 atom stereocenters. The lowest BCUT2D eigenvalue weighted by atomic mass is 10.2. The highest BCUT2D eigenvalue weighted by Gasteiger charge is 2.25. The Balaban J connectivity index is 2.10. The average Bonchev–Trinajstić information content (AvgIpc) is 2.47. The van der Waals surface area contributed by atoms with E-state index in [9.17, 15) is 14.9 Å². The molecule has 1 unspecified atom stereocenters. The van der Waals surface area contributed by atoms with Crippen LogP contribution >= 0.6 is 0 Å². The molecule has 0 saturated carbocycles. The summed E-state index contributed by atoms with van der Waals surface area (Å²) in [6.45, 7) is 3.38. The van der Waals surface area contributed by atoms with E-state index in [1.54, 1.807) is 6.92 Å². The summed E-state index contributed by atoms with van der Waals surface area (Å²) in [7, 11) is 1.34. The number of morpholine rings is 1. The van der Waals surface area contributed by atoms with Gasteiger partial charge in [-0.2, -0.15) is 0 Å². The molecule has 1 aliphatic heterocycles. The van der Waals surface area contributed by atoms with E-state index in [2.05, 4.69) is 9.72 Å². The Morgan fingerprint density at radius 2 is 2.43 bits per heavy atom. The highest BCUT2D eigenvalue weighted by molar-refractivity contribution is 5.70. The fraction of sp³-hybridized carbons (Fsp3) is 0.538. The van der Waals surface area contributed by atoms with Gasteiger partial charge in [-0.15, -0.1) is 0 Å². The molecule has 0 aliphatic carbocycles. The first kappa shape index (κ1) is 15.2. The van der Waals surface area contributed by atoms with Crippen molar-refractivity contribution >= 4 is 17.5 Å². The van der Waals surface area contributed by atoms with Gasteiger partial charge >= 0.3 is 5.97 Å². The fourth-order valence-electron chi connectivity index (χ4n) is 2.29. The zero-order valence-corrected chi connectivity index (χ0v) is 11.9. The van der Waals surface area contributed by atoms with Crippen LogP contribution in [0.25, 0.3) is 0 Å². The number of aromatic nitrogens is 1. The van der Waals surface area contributed by atoms with Crippen LogP contribution in [0.15, 0.2) is 12.3 Å². The van der Waals surface area contributed by atoms with Gasteiger partial charge in [-0.1, -0.05) is 0 Å². The highest BCUT2D eigenvalue weighted by Crippen LogP contribution is 2.23. The van der Waals surface area contributed by atoms with E-state index in [1.807, 2.05) is 4.90 Å². The number of methoxy groups -OCH3 is 1. The van der Waals surface area contributed by atoms with Crippen molar-refractivity contribution < 1.29 is 19.2 Å². The van der Waals surface area contributed by atoms with Crippen molar-refractivity contribution in [1.82, 2.24) is 4.98 Å². The summed E-state index contributed by atoms with van der Waals surface area (Å²) >= 11 is 0. The maximum absolute atomic E-state index is 11.3. The van der Waals surface area contributed by atoms with Gasteiger partial charge in [0.1, 0.15) is 12.0 Å². The molecule has 21 heavy (non-hydrogen) atoms. The molecule has 0 aromatic carbocycles. The first-order valence-electron chi connectivity index (χ1n) is 6.55. The van der Waals surface area contributed by atoms with Crippen molar-refractivity contribution in [3.63, 3.8) is 0 Å². The van der Waals surface area contributed by atoms with E-state index in [1.165, 1.54) is 19.4 Å². The SMILES string of the molecule is COC(=O)CC1CN(c2ncc([N+](=O)[O-])cc2C)CCO1. The van der Waals surface area contributed by atoms with Gasteiger partial charge in [-0.3, -0.25) is 14.9 Å². The van der Waals surface area contributed by atoms with Crippen LogP contribution in [0.2, 0.25) is 0 Å². The quantitative estimate of drug-likeness (QED) is 0.465. The summed E-state index contributed by atoms with van der Waals surface area (Å²) in [5, 5.41) is 10.7. The van der Waals surface area contributed by atoms with Crippen molar-refractivity contribution in [2.45, 2.75) is 19.4 Å². The number of rotatable bonds is 4. The predicted octanol–water partition coefficient (Wildman–Crippen LogP) is 1.07. The summed E-state index contributed by atoms with van der Waals surface area (Å²) in [6.07, 6.45) is 1.16. The molecule has 1 aromatic heterocycles. The molecule has 0 radical (unpaired) electrons. The predicted molar refractivity (Wildman–Crippen MR) is 74.2 cm³/mol. The van der Waals surface area contributed by atoms with Crippen LogP contribution in [-0.4, -0.2) is 48.8 Å². The van der Waals surface area contributed by atoms with Gasteiger partial charge in [0.2, 0.25) is 0 Å². The normalized spacial score (nSPS) is 18.4. The molecule has 0 N–H and O–H groups in total. The van der Waals surface area contributed by atoms with E-state index >= 15 is 0 Å². The van der Waals surface area contributed by atoms with Crippen molar-refractivity contribution in [2.24, 2.45) is 0 Å². The molecule has 0 bridgehead atoms. The number of hydrogen-bond donors (Lipinski definition) is 0. The number of hydrogen-bond acceptors (Lipinski definition) is 7. The molecule has 0 spiro atoms. The molecule has 8 nitrogen and oxygen atoms in total. The minimum absolute atomic E-state index is 0.0318. The van der Waals surface area contributed by atoms with Crippen LogP contribution < -0.4 is 4.90 Å². The number of carbonyl (C=O) groups is 1. The largest absolute Gasteiger partial charge is 0.469 e. The van der Waals surface area contributed by atoms with Gasteiger partial charge in [-0.25, -0.2) is 4.98 Å². The molecule has 8 heteroatoms. The highest BCUT2D eigenvalue weighted by atomic mass is 16.6. The van der Waals surface area contributed by atoms with E-state index in [0.717, 1.165) is 5.56 Å². The zero-order chi connectivity index (χ0) is 15.4. The molecule has 114 valence electrons. The molecule has 0 amide bonds. The molecule has 1 aliphatic rings. The van der Waals surface area contributed by atoms with Gasteiger partial charge in [0.15, 0.2) is 0 Å². The number of esters is 1.